The highest BCUT2D eigenvalue weighted by Gasteiger charge is 2.17. The first-order chi connectivity index (χ1) is 13.7. The number of nitrogens with zero attached hydrogens (tertiary/aromatic N) is 3. The van der Waals surface area contributed by atoms with Crippen LogP contribution in [-0.4, -0.2) is 49.8 Å². The summed E-state index contributed by atoms with van der Waals surface area (Å²) in [5.41, 5.74) is 1.52. The van der Waals surface area contributed by atoms with Crippen LogP contribution in [0.5, 0.6) is 5.75 Å². The summed E-state index contributed by atoms with van der Waals surface area (Å²) in [5, 5.41) is 3.95. The molecule has 0 radical (unpaired) electrons. The molecule has 29 heavy (non-hydrogen) atoms. The van der Waals surface area contributed by atoms with E-state index in [9.17, 15) is 13.2 Å². The van der Waals surface area contributed by atoms with Crippen LogP contribution in [0.3, 0.4) is 0 Å². The van der Waals surface area contributed by atoms with Gasteiger partial charge in [0.2, 0.25) is 21.7 Å². The molecule has 0 aliphatic carbocycles. The standard InChI is InChI=1S/C19H20N4O5S/c1-23(19(24)13-7-9-15(10-8-13)22-29(3,25)26)12-17-20-18(21-28-17)14-5-4-6-16(11-14)27-2/h4-11,22H,12H2,1-3H3. The average Bonchev–Trinajstić information content (AvgIpc) is 3.15. The number of sulfonamides is 1. The lowest BCUT2D eigenvalue weighted by Gasteiger charge is -2.15. The van der Waals surface area contributed by atoms with Crippen LogP contribution in [0.2, 0.25) is 0 Å². The van der Waals surface area contributed by atoms with Gasteiger partial charge in [0.15, 0.2) is 0 Å². The summed E-state index contributed by atoms with van der Waals surface area (Å²) in [6.07, 6.45) is 1.06. The molecule has 3 aromatic rings. The Morgan fingerprint density at radius 2 is 1.93 bits per heavy atom. The topological polar surface area (TPSA) is 115 Å². The number of ether oxygens (including phenoxy) is 1. The zero-order valence-electron chi connectivity index (χ0n) is 16.1. The molecule has 0 fully saturated rings. The van der Waals surface area contributed by atoms with E-state index in [0.717, 1.165) is 11.8 Å². The third-order valence-corrected chi connectivity index (χ3v) is 4.56. The second-order valence-electron chi connectivity index (χ2n) is 6.36. The zero-order valence-corrected chi connectivity index (χ0v) is 16.9. The van der Waals surface area contributed by atoms with Crippen molar-refractivity contribution in [2.24, 2.45) is 0 Å². The van der Waals surface area contributed by atoms with Crippen LogP contribution < -0.4 is 9.46 Å². The number of amides is 1. The predicted octanol–water partition coefficient (Wildman–Crippen LogP) is 2.39. The largest absolute Gasteiger partial charge is 0.497 e. The van der Waals surface area contributed by atoms with Crippen LogP contribution in [0.15, 0.2) is 53.1 Å². The molecule has 0 atom stereocenters. The van der Waals surface area contributed by atoms with Crippen molar-refractivity contribution in [2.45, 2.75) is 6.54 Å². The molecule has 2 aromatic carbocycles. The number of rotatable bonds is 7. The lowest BCUT2D eigenvalue weighted by atomic mass is 10.2. The van der Waals surface area contributed by atoms with E-state index in [1.54, 1.807) is 32.4 Å². The van der Waals surface area contributed by atoms with E-state index in [1.165, 1.54) is 17.0 Å². The minimum absolute atomic E-state index is 0.124. The van der Waals surface area contributed by atoms with Gasteiger partial charge in [-0.1, -0.05) is 17.3 Å². The Hall–Kier alpha value is -3.40. The monoisotopic (exact) mass is 416 g/mol. The lowest BCUT2D eigenvalue weighted by molar-refractivity contribution is 0.0769. The maximum Gasteiger partial charge on any atom is 0.254 e. The fraction of sp³-hybridized carbons (Fsp3) is 0.211. The second-order valence-corrected chi connectivity index (χ2v) is 8.10. The molecule has 10 heteroatoms. The number of aromatic nitrogens is 2. The van der Waals surface area contributed by atoms with Crippen molar-refractivity contribution in [2.75, 3.05) is 25.1 Å². The molecule has 1 aromatic heterocycles. The van der Waals surface area contributed by atoms with Crippen molar-refractivity contribution in [3.05, 3.63) is 60.0 Å². The van der Waals surface area contributed by atoms with Gasteiger partial charge in [-0.05, 0) is 36.4 Å². The van der Waals surface area contributed by atoms with Crippen molar-refractivity contribution in [3.63, 3.8) is 0 Å². The molecule has 152 valence electrons. The first kappa shape index (κ1) is 20.3. The summed E-state index contributed by atoms with van der Waals surface area (Å²) in [6, 6.07) is 13.4. The summed E-state index contributed by atoms with van der Waals surface area (Å²) in [7, 11) is -0.187. The van der Waals surface area contributed by atoms with E-state index in [1.807, 2.05) is 18.2 Å². The number of hydrogen-bond acceptors (Lipinski definition) is 7. The zero-order chi connectivity index (χ0) is 21.0. The molecule has 9 nitrogen and oxygen atoms in total. The first-order valence-electron chi connectivity index (χ1n) is 8.55. The van der Waals surface area contributed by atoms with Gasteiger partial charge in [0.1, 0.15) is 5.75 Å². The Kier molecular flexibility index (Phi) is 5.83. The minimum atomic E-state index is -3.37. The lowest BCUT2D eigenvalue weighted by Crippen LogP contribution is -2.26. The van der Waals surface area contributed by atoms with Gasteiger partial charge < -0.3 is 14.2 Å². The Bertz CT molecular complexity index is 1110. The van der Waals surface area contributed by atoms with Crippen molar-refractivity contribution in [3.8, 4) is 17.1 Å². The SMILES string of the molecule is COc1cccc(-c2noc(CN(C)C(=O)c3ccc(NS(C)(=O)=O)cc3)n2)c1. The van der Waals surface area contributed by atoms with Gasteiger partial charge >= 0.3 is 0 Å². The van der Waals surface area contributed by atoms with Gasteiger partial charge in [-0.3, -0.25) is 9.52 Å². The average molecular weight is 416 g/mol. The number of carbonyl (C=O) groups excluding carboxylic acids is 1. The van der Waals surface area contributed by atoms with Crippen LogP contribution >= 0.6 is 0 Å². The van der Waals surface area contributed by atoms with Crippen LogP contribution in [-0.2, 0) is 16.6 Å². The molecule has 0 saturated carbocycles. The van der Waals surface area contributed by atoms with Gasteiger partial charge in [-0.25, -0.2) is 8.42 Å². The summed E-state index contributed by atoms with van der Waals surface area (Å²) in [5.74, 6) is 1.09. The quantitative estimate of drug-likeness (QED) is 0.629. The molecule has 1 heterocycles. The number of nitrogens with one attached hydrogen (secondary N) is 1. The smallest absolute Gasteiger partial charge is 0.254 e. The van der Waals surface area contributed by atoms with Crippen LogP contribution in [0, 0.1) is 0 Å². The second kappa shape index (κ2) is 8.31. The number of methoxy groups -OCH3 is 1. The Labute approximate surface area is 168 Å². The molecular formula is C19H20N4O5S. The van der Waals surface area contributed by atoms with Gasteiger partial charge in [0.25, 0.3) is 5.91 Å². The molecule has 0 aliphatic heterocycles. The van der Waals surface area contributed by atoms with Crippen molar-refractivity contribution in [1.29, 1.82) is 0 Å². The van der Waals surface area contributed by atoms with Gasteiger partial charge in [0, 0.05) is 23.9 Å². The highest BCUT2D eigenvalue weighted by atomic mass is 32.2. The van der Waals surface area contributed by atoms with Crippen LogP contribution in [0.1, 0.15) is 16.2 Å². The van der Waals surface area contributed by atoms with Gasteiger partial charge in [0.05, 0.1) is 19.9 Å². The van der Waals surface area contributed by atoms with E-state index >= 15 is 0 Å². The molecule has 3 rings (SSSR count). The molecule has 0 bridgehead atoms. The highest BCUT2D eigenvalue weighted by Crippen LogP contribution is 2.21. The molecule has 0 saturated heterocycles. The Balaban J connectivity index is 1.67. The van der Waals surface area contributed by atoms with E-state index in [-0.39, 0.29) is 18.3 Å². The fourth-order valence-corrected chi connectivity index (χ4v) is 3.15. The third-order valence-electron chi connectivity index (χ3n) is 3.95. The van der Waals surface area contributed by atoms with E-state index in [2.05, 4.69) is 14.9 Å². The number of hydrogen-bond donors (Lipinski definition) is 1. The summed E-state index contributed by atoms with van der Waals surface area (Å²) in [6.45, 7) is 0.124. The fourth-order valence-electron chi connectivity index (χ4n) is 2.59. The van der Waals surface area contributed by atoms with Gasteiger partial charge in [-0.2, -0.15) is 4.98 Å². The minimum Gasteiger partial charge on any atom is -0.497 e. The normalized spacial score (nSPS) is 11.1. The Morgan fingerprint density at radius 1 is 1.21 bits per heavy atom. The molecule has 0 spiro atoms. The summed E-state index contributed by atoms with van der Waals surface area (Å²) in [4.78, 5) is 18.3. The maximum atomic E-state index is 12.6. The van der Waals surface area contributed by atoms with Crippen molar-refractivity contribution < 1.29 is 22.5 Å². The van der Waals surface area contributed by atoms with Crippen molar-refractivity contribution >= 4 is 21.6 Å². The number of benzene rings is 2. The molecule has 0 aliphatic rings. The van der Waals surface area contributed by atoms with Gasteiger partial charge in [-0.15, -0.1) is 0 Å². The van der Waals surface area contributed by atoms with Crippen LogP contribution in [0.25, 0.3) is 11.4 Å². The van der Waals surface area contributed by atoms with Crippen LogP contribution in [0.4, 0.5) is 5.69 Å². The Morgan fingerprint density at radius 3 is 2.59 bits per heavy atom. The highest BCUT2D eigenvalue weighted by molar-refractivity contribution is 7.92. The summed E-state index contributed by atoms with van der Waals surface area (Å²) < 4.78 is 35.3. The predicted molar refractivity (Wildman–Crippen MR) is 107 cm³/mol. The third kappa shape index (κ3) is 5.32. The molecular weight excluding hydrogens is 396 g/mol. The van der Waals surface area contributed by atoms with E-state index in [0.29, 0.717) is 22.8 Å². The molecule has 0 unspecified atom stereocenters. The summed E-state index contributed by atoms with van der Waals surface area (Å²) >= 11 is 0. The first-order valence-corrected chi connectivity index (χ1v) is 10.4. The van der Waals surface area contributed by atoms with Crippen molar-refractivity contribution in [1.82, 2.24) is 15.0 Å². The number of anilines is 1. The van der Waals surface area contributed by atoms with E-state index < -0.39 is 10.0 Å². The molecule has 1 N–H and O–H groups in total. The number of carbonyl (C=O) groups is 1. The van der Waals surface area contributed by atoms with E-state index in [4.69, 9.17) is 9.26 Å². The molecule has 1 amide bonds. The maximum absolute atomic E-state index is 12.6.